The zero-order valence-electron chi connectivity index (χ0n) is 7.29. The standard InChI is InChI=1S/C7H11N3O2/c1-5-6(4-8-9-5)7(11)10(2)12-3/h4H,1-3H3,(H,8,9). The van der Waals surface area contributed by atoms with Gasteiger partial charge in [0.25, 0.3) is 5.91 Å². The average Bonchev–Trinajstić information content (AvgIpc) is 2.48. The summed E-state index contributed by atoms with van der Waals surface area (Å²) in [6, 6.07) is 0. The van der Waals surface area contributed by atoms with Crippen LogP contribution in [0.3, 0.4) is 0 Å². The molecule has 0 spiro atoms. The van der Waals surface area contributed by atoms with Crippen molar-refractivity contribution in [2.24, 2.45) is 0 Å². The zero-order valence-corrected chi connectivity index (χ0v) is 7.29. The van der Waals surface area contributed by atoms with Gasteiger partial charge < -0.3 is 0 Å². The van der Waals surface area contributed by atoms with Gasteiger partial charge in [0.1, 0.15) is 0 Å². The molecule has 1 heterocycles. The molecule has 12 heavy (non-hydrogen) atoms. The van der Waals surface area contributed by atoms with Crippen LogP contribution in [-0.2, 0) is 4.84 Å². The van der Waals surface area contributed by atoms with Gasteiger partial charge >= 0.3 is 0 Å². The van der Waals surface area contributed by atoms with Gasteiger partial charge in [0.05, 0.1) is 18.9 Å². The molecule has 66 valence electrons. The van der Waals surface area contributed by atoms with E-state index in [1.54, 1.807) is 14.0 Å². The lowest BCUT2D eigenvalue weighted by molar-refractivity contribution is -0.0757. The summed E-state index contributed by atoms with van der Waals surface area (Å²) in [6.45, 7) is 1.78. The number of hydroxylamine groups is 2. The van der Waals surface area contributed by atoms with Gasteiger partial charge in [-0.25, -0.2) is 5.06 Å². The second-order valence-electron chi connectivity index (χ2n) is 2.39. The largest absolute Gasteiger partial charge is 0.282 e. The molecule has 0 aliphatic carbocycles. The Morgan fingerprint density at radius 2 is 2.42 bits per heavy atom. The lowest BCUT2D eigenvalue weighted by atomic mass is 10.2. The van der Waals surface area contributed by atoms with E-state index in [0.717, 1.165) is 10.8 Å². The van der Waals surface area contributed by atoms with Crippen LogP contribution in [0.15, 0.2) is 6.20 Å². The monoisotopic (exact) mass is 169 g/mol. The fourth-order valence-electron chi connectivity index (χ4n) is 0.819. The summed E-state index contributed by atoms with van der Waals surface area (Å²) < 4.78 is 0. The van der Waals surface area contributed by atoms with E-state index in [1.165, 1.54) is 13.3 Å². The van der Waals surface area contributed by atoms with E-state index < -0.39 is 0 Å². The number of hydrogen-bond acceptors (Lipinski definition) is 3. The SMILES string of the molecule is CON(C)C(=O)c1cn[nH]c1C. The average molecular weight is 169 g/mol. The van der Waals surface area contributed by atoms with Crippen LogP contribution in [0.5, 0.6) is 0 Å². The highest BCUT2D eigenvalue weighted by molar-refractivity contribution is 5.94. The van der Waals surface area contributed by atoms with E-state index in [1.807, 2.05) is 0 Å². The molecule has 0 atom stereocenters. The van der Waals surface area contributed by atoms with Crippen molar-refractivity contribution in [2.75, 3.05) is 14.2 Å². The molecule has 0 aromatic carbocycles. The maximum atomic E-state index is 11.4. The molecule has 5 nitrogen and oxygen atoms in total. The van der Waals surface area contributed by atoms with Crippen LogP contribution in [0.4, 0.5) is 0 Å². The Labute approximate surface area is 70.3 Å². The molecule has 0 aliphatic heterocycles. The van der Waals surface area contributed by atoms with E-state index in [0.29, 0.717) is 5.56 Å². The predicted molar refractivity (Wildman–Crippen MR) is 42.4 cm³/mol. The van der Waals surface area contributed by atoms with Crippen molar-refractivity contribution in [3.05, 3.63) is 17.5 Å². The van der Waals surface area contributed by atoms with Crippen molar-refractivity contribution in [1.82, 2.24) is 15.3 Å². The first-order chi connectivity index (χ1) is 5.66. The minimum absolute atomic E-state index is 0.205. The highest BCUT2D eigenvalue weighted by Gasteiger charge is 2.14. The maximum absolute atomic E-state index is 11.4. The highest BCUT2D eigenvalue weighted by Crippen LogP contribution is 2.05. The Morgan fingerprint density at radius 1 is 1.75 bits per heavy atom. The summed E-state index contributed by atoms with van der Waals surface area (Å²) >= 11 is 0. The Bertz CT molecular complexity index is 282. The summed E-state index contributed by atoms with van der Waals surface area (Å²) in [6.07, 6.45) is 1.48. The molecule has 1 aromatic heterocycles. The van der Waals surface area contributed by atoms with E-state index in [-0.39, 0.29) is 5.91 Å². The summed E-state index contributed by atoms with van der Waals surface area (Å²) in [5.74, 6) is -0.205. The molecule has 0 saturated heterocycles. The number of aromatic amines is 1. The summed E-state index contributed by atoms with van der Waals surface area (Å²) in [5.41, 5.74) is 1.27. The number of aromatic nitrogens is 2. The van der Waals surface area contributed by atoms with Gasteiger partial charge in [-0.3, -0.25) is 14.7 Å². The third-order valence-electron chi connectivity index (χ3n) is 1.62. The zero-order chi connectivity index (χ0) is 9.14. The number of hydrogen-bond donors (Lipinski definition) is 1. The minimum atomic E-state index is -0.205. The second-order valence-corrected chi connectivity index (χ2v) is 2.39. The quantitative estimate of drug-likeness (QED) is 0.650. The number of rotatable bonds is 2. The number of carbonyl (C=O) groups is 1. The van der Waals surface area contributed by atoms with Gasteiger partial charge in [-0.15, -0.1) is 0 Å². The fourth-order valence-corrected chi connectivity index (χ4v) is 0.819. The van der Waals surface area contributed by atoms with E-state index in [4.69, 9.17) is 4.84 Å². The van der Waals surface area contributed by atoms with Crippen LogP contribution in [0, 0.1) is 6.92 Å². The Kier molecular flexibility index (Phi) is 2.44. The van der Waals surface area contributed by atoms with Crippen molar-refractivity contribution in [3.8, 4) is 0 Å². The van der Waals surface area contributed by atoms with Crippen molar-refractivity contribution >= 4 is 5.91 Å². The second kappa shape index (κ2) is 3.36. The first kappa shape index (κ1) is 8.73. The van der Waals surface area contributed by atoms with E-state index in [9.17, 15) is 4.79 Å². The maximum Gasteiger partial charge on any atom is 0.280 e. The molecule has 0 aliphatic rings. The Balaban J connectivity index is 2.85. The van der Waals surface area contributed by atoms with Crippen molar-refractivity contribution < 1.29 is 9.63 Å². The molecule has 5 heteroatoms. The summed E-state index contributed by atoms with van der Waals surface area (Å²) in [7, 11) is 2.99. The molecule has 0 radical (unpaired) electrons. The lowest BCUT2D eigenvalue weighted by Gasteiger charge is -2.12. The van der Waals surface area contributed by atoms with Crippen LogP contribution >= 0.6 is 0 Å². The van der Waals surface area contributed by atoms with Crippen LogP contribution < -0.4 is 0 Å². The molecule has 1 aromatic rings. The molecule has 1 rings (SSSR count). The number of amides is 1. The third-order valence-corrected chi connectivity index (χ3v) is 1.62. The molecule has 0 saturated carbocycles. The third kappa shape index (κ3) is 1.45. The predicted octanol–water partition coefficient (Wildman–Crippen LogP) is 0.352. The number of carbonyl (C=O) groups excluding carboxylic acids is 1. The Morgan fingerprint density at radius 3 is 2.83 bits per heavy atom. The van der Waals surface area contributed by atoms with Gasteiger partial charge in [-0.2, -0.15) is 5.10 Å². The Hall–Kier alpha value is -1.36. The molecular formula is C7H11N3O2. The van der Waals surface area contributed by atoms with Gasteiger partial charge in [-0.1, -0.05) is 0 Å². The molecule has 0 fully saturated rings. The van der Waals surface area contributed by atoms with Crippen LogP contribution in [0.1, 0.15) is 16.1 Å². The van der Waals surface area contributed by atoms with Gasteiger partial charge in [-0.05, 0) is 6.92 Å². The molecule has 0 bridgehead atoms. The van der Waals surface area contributed by atoms with Crippen LogP contribution in [0.2, 0.25) is 0 Å². The van der Waals surface area contributed by atoms with Crippen molar-refractivity contribution in [2.45, 2.75) is 6.92 Å². The lowest BCUT2D eigenvalue weighted by Crippen LogP contribution is -2.25. The van der Waals surface area contributed by atoms with E-state index >= 15 is 0 Å². The van der Waals surface area contributed by atoms with Gasteiger partial charge in [0.2, 0.25) is 0 Å². The van der Waals surface area contributed by atoms with Crippen molar-refractivity contribution in [3.63, 3.8) is 0 Å². The molecule has 1 amide bonds. The smallest absolute Gasteiger partial charge is 0.280 e. The number of nitrogens with zero attached hydrogens (tertiary/aromatic N) is 2. The summed E-state index contributed by atoms with van der Waals surface area (Å²) in [5, 5.41) is 7.56. The molecule has 1 N–H and O–H groups in total. The van der Waals surface area contributed by atoms with Crippen LogP contribution in [0.25, 0.3) is 0 Å². The number of H-pyrrole nitrogens is 1. The van der Waals surface area contributed by atoms with Gasteiger partial charge in [0, 0.05) is 12.7 Å². The fraction of sp³-hybridized carbons (Fsp3) is 0.429. The van der Waals surface area contributed by atoms with Gasteiger partial charge in [0.15, 0.2) is 0 Å². The minimum Gasteiger partial charge on any atom is -0.282 e. The first-order valence-corrected chi connectivity index (χ1v) is 3.49. The molecule has 0 unspecified atom stereocenters. The number of aryl methyl sites for hydroxylation is 1. The van der Waals surface area contributed by atoms with Crippen LogP contribution in [-0.4, -0.2) is 35.3 Å². The summed E-state index contributed by atoms with van der Waals surface area (Å²) in [4.78, 5) is 16.1. The van der Waals surface area contributed by atoms with Crippen molar-refractivity contribution in [1.29, 1.82) is 0 Å². The topological polar surface area (TPSA) is 58.2 Å². The first-order valence-electron chi connectivity index (χ1n) is 3.49. The molecular weight excluding hydrogens is 158 g/mol. The number of nitrogens with one attached hydrogen (secondary N) is 1. The normalized spacial score (nSPS) is 9.92. The highest BCUT2D eigenvalue weighted by atomic mass is 16.7. The van der Waals surface area contributed by atoms with E-state index in [2.05, 4.69) is 10.2 Å².